The number of nitriles is 1. The predicted molar refractivity (Wildman–Crippen MR) is 79.5 cm³/mol. The molecule has 6 heteroatoms. The van der Waals surface area contributed by atoms with Crippen LogP contribution in [0.3, 0.4) is 0 Å². The fourth-order valence-electron chi connectivity index (χ4n) is 2.40. The van der Waals surface area contributed by atoms with Crippen LogP contribution in [0, 0.1) is 11.3 Å². The van der Waals surface area contributed by atoms with Crippen LogP contribution in [0.25, 0.3) is 0 Å². The van der Waals surface area contributed by atoms with Crippen LogP contribution in [0.5, 0.6) is 5.75 Å². The van der Waals surface area contributed by atoms with Gasteiger partial charge < -0.3 is 9.84 Å². The van der Waals surface area contributed by atoms with Crippen LogP contribution in [0.15, 0.2) is 18.2 Å². The molecule has 1 aromatic rings. The second-order valence-electron chi connectivity index (χ2n) is 6.44. The Balaban J connectivity index is 2.32. The monoisotopic (exact) mass is 302 g/mol. The quantitative estimate of drug-likeness (QED) is 0.818. The summed E-state index contributed by atoms with van der Waals surface area (Å²) in [5.74, 6) is -0.0492. The highest BCUT2D eigenvalue weighted by Gasteiger charge is 2.47. The number of anilines is 1. The number of nitrogens with one attached hydrogen (secondary N) is 1. The number of ether oxygens (including phenoxy) is 1. The molecule has 1 amide bonds. The van der Waals surface area contributed by atoms with Gasteiger partial charge in [-0.2, -0.15) is 5.26 Å². The molecule has 0 saturated heterocycles. The highest BCUT2D eigenvalue weighted by molar-refractivity contribution is 5.93. The van der Waals surface area contributed by atoms with Crippen LogP contribution in [0.4, 0.5) is 10.5 Å². The molecule has 2 rings (SSSR count). The zero-order chi connectivity index (χ0) is 16.5. The minimum atomic E-state index is -1.000. The Kier molecular flexibility index (Phi) is 3.84. The first-order chi connectivity index (χ1) is 10.1. The first-order valence-electron chi connectivity index (χ1n) is 6.92. The molecule has 0 unspecified atom stereocenters. The van der Waals surface area contributed by atoms with Crippen LogP contribution in [-0.4, -0.2) is 22.6 Å². The summed E-state index contributed by atoms with van der Waals surface area (Å²) >= 11 is 0. The Labute approximate surface area is 128 Å². The van der Waals surface area contributed by atoms with Crippen LogP contribution < -0.4 is 5.32 Å². The molecule has 0 bridgehead atoms. The molecule has 0 heterocycles. The van der Waals surface area contributed by atoms with Gasteiger partial charge in [0.15, 0.2) is 0 Å². The summed E-state index contributed by atoms with van der Waals surface area (Å²) in [6.07, 6.45) is -0.496. The molecule has 1 aliphatic rings. The van der Waals surface area contributed by atoms with E-state index in [1.54, 1.807) is 20.8 Å². The van der Waals surface area contributed by atoms with Gasteiger partial charge in [-0.3, -0.25) is 10.1 Å². The Hall–Kier alpha value is -2.55. The molecule has 0 aromatic heterocycles. The van der Waals surface area contributed by atoms with E-state index in [1.165, 1.54) is 18.2 Å². The van der Waals surface area contributed by atoms with E-state index < -0.39 is 17.1 Å². The summed E-state index contributed by atoms with van der Waals surface area (Å²) in [4.78, 5) is 23.2. The molecule has 0 aliphatic heterocycles. The van der Waals surface area contributed by atoms with Gasteiger partial charge in [0, 0.05) is 24.1 Å². The number of benzene rings is 1. The molecule has 2 N–H and O–H groups in total. The molecule has 1 fully saturated rings. The van der Waals surface area contributed by atoms with E-state index >= 15 is 0 Å². The lowest BCUT2D eigenvalue weighted by Gasteiger charge is -2.35. The maximum atomic E-state index is 11.9. The number of carbonyl (C=O) groups excluding carboxylic acids is 2. The van der Waals surface area contributed by atoms with Crippen molar-refractivity contribution in [2.75, 3.05) is 5.32 Å². The van der Waals surface area contributed by atoms with Gasteiger partial charge in [-0.25, -0.2) is 4.79 Å². The first kappa shape index (κ1) is 15.8. The van der Waals surface area contributed by atoms with Gasteiger partial charge in [-0.05, 0) is 39.0 Å². The van der Waals surface area contributed by atoms with Gasteiger partial charge in [-0.1, -0.05) is 0 Å². The lowest BCUT2D eigenvalue weighted by molar-refractivity contribution is -0.126. The summed E-state index contributed by atoms with van der Waals surface area (Å²) in [6, 6.07) is 6.43. The number of aromatic hydroxyl groups is 1. The zero-order valence-electron chi connectivity index (χ0n) is 12.8. The van der Waals surface area contributed by atoms with E-state index in [0.717, 1.165) is 0 Å². The number of Topliss-reactive ketones (excluding diaryl/α,β-unsaturated/α-hetero) is 1. The average molecular weight is 302 g/mol. The number of rotatable bonds is 2. The number of carbonyl (C=O) groups is 2. The Morgan fingerprint density at radius 2 is 2.05 bits per heavy atom. The molecule has 1 saturated carbocycles. The molecule has 1 aromatic carbocycles. The molecule has 0 spiro atoms. The van der Waals surface area contributed by atoms with Gasteiger partial charge in [0.05, 0.1) is 11.5 Å². The lowest BCUT2D eigenvalue weighted by atomic mass is 9.64. The highest BCUT2D eigenvalue weighted by atomic mass is 16.6. The topological polar surface area (TPSA) is 99.4 Å². The Morgan fingerprint density at radius 1 is 1.41 bits per heavy atom. The van der Waals surface area contributed by atoms with Crippen LogP contribution in [0.2, 0.25) is 0 Å². The lowest BCUT2D eigenvalue weighted by Crippen LogP contribution is -2.41. The Bertz CT molecular complexity index is 660. The largest absolute Gasteiger partial charge is 0.508 e. The molecule has 22 heavy (non-hydrogen) atoms. The van der Waals surface area contributed by atoms with Gasteiger partial charge in [-0.15, -0.1) is 0 Å². The van der Waals surface area contributed by atoms with E-state index in [9.17, 15) is 20.0 Å². The summed E-state index contributed by atoms with van der Waals surface area (Å²) < 4.78 is 5.18. The smallest absolute Gasteiger partial charge is 0.412 e. The third-order valence-electron chi connectivity index (χ3n) is 3.37. The zero-order valence-corrected chi connectivity index (χ0v) is 12.8. The van der Waals surface area contributed by atoms with Crippen molar-refractivity contribution in [1.82, 2.24) is 0 Å². The first-order valence-corrected chi connectivity index (χ1v) is 6.92. The van der Waals surface area contributed by atoms with Crippen molar-refractivity contribution in [1.29, 1.82) is 5.26 Å². The number of hydrogen-bond acceptors (Lipinski definition) is 5. The third-order valence-corrected chi connectivity index (χ3v) is 3.37. The minimum absolute atomic E-state index is 0.0203. The van der Waals surface area contributed by atoms with E-state index in [-0.39, 0.29) is 24.4 Å². The summed E-state index contributed by atoms with van der Waals surface area (Å²) in [6.45, 7) is 5.23. The van der Waals surface area contributed by atoms with Crippen LogP contribution in [-0.2, 0) is 14.9 Å². The van der Waals surface area contributed by atoms with E-state index in [1.807, 2.05) is 0 Å². The van der Waals surface area contributed by atoms with Crippen molar-refractivity contribution in [3.63, 3.8) is 0 Å². The molecular weight excluding hydrogens is 284 g/mol. The maximum absolute atomic E-state index is 11.9. The second kappa shape index (κ2) is 5.34. The van der Waals surface area contributed by atoms with E-state index in [2.05, 4.69) is 11.4 Å². The van der Waals surface area contributed by atoms with Crippen molar-refractivity contribution >= 4 is 17.6 Å². The van der Waals surface area contributed by atoms with Gasteiger partial charge in [0.1, 0.15) is 17.1 Å². The molecule has 116 valence electrons. The van der Waals surface area contributed by atoms with Crippen molar-refractivity contribution in [2.24, 2.45) is 0 Å². The van der Waals surface area contributed by atoms with Crippen molar-refractivity contribution < 1.29 is 19.4 Å². The summed E-state index contributed by atoms with van der Waals surface area (Å²) in [5.41, 5.74) is -0.859. The van der Waals surface area contributed by atoms with Crippen molar-refractivity contribution in [3.8, 4) is 11.8 Å². The fraction of sp³-hybridized carbons (Fsp3) is 0.438. The number of phenolic OH excluding ortho intramolecular Hbond substituents is 1. The standard InChI is InChI=1S/C16H18N2O4/c1-15(2,3)22-14(21)18-13-5-4-10(19)6-12(13)16(9-17)7-11(20)8-16/h4-6,19H,7-8H2,1-3H3,(H,18,21). The molecular formula is C16H18N2O4. The molecule has 0 atom stereocenters. The number of ketones is 1. The van der Waals surface area contributed by atoms with Gasteiger partial charge >= 0.3 is 6.09 Å². The molecule has 6 nitrogen and oxygen atoms in total. The minimum Gasteiger partial charge on any atom is -0.508 e. The molecule has 1 aliphatic carbocycles. The normalized spacial score (nSPS) is 16.4. The number of amides is 1. The number of nitrogens with zero attached hydrogens (tertiary/aromatic N) is 1. The van der Waals surface area contributed by atoms with E-state index in [0.29, 0.717) is 11.3 Å². The summed E-state index contributed by atoms with van der Waals surface area (Å²) in [7, 11) is 0. The third kappa shape index (κ3) is 3.19. The van der Waals surface area contributed by atoms with E-state index in [4.69, 9.17) is 4.74 Å². The average Bonchev–Trinajstić information content (AvgIpc) is 2.34. The fourth-order valence-corrected chi connectivity index (χ4v) is 2.40. The SMILES string of the molecule is CC(C)(C)OC(=O)Nc1ccc(O)cc1C1(C#N)CC(=O)C1. The number of hydrogen-bond donors (Lipinski definition) is 2. The van der Waals surface area contributed by atoms with Gasteiger partial charge in [0.2, 0.25) is 0 Å². The molecule has 0 radical (unpaired) electrons. The van der Waals surface area contributed by atoms with Crippen molar-refractivity contribution in [3.05, 3.63) is 23.8 Å². The van der Waals surface area contributed by atoms with Crippen LogP contribution in [0.1, 0.15) is 39.2 Å². The summed E-state index contributed by atoms with van der Waals surface area (Å²) in [5, 5.41) is 21.7. The maximum Gasteiger partial charge on any atom is 0.412 e. The predicted octanol–water partition coefficient (Wildman–Crippen LogP) is 2.86. The van der Waals surface area contributed by atoms with Gasteiger partial charge in [0.25, 0.3) is 0 Å². The number of phenols is 1. The Morgan fingerprint density at radius 3 is 2.55 bits per heavy atom. The van der Waals surface area contributed by atoms with Crippen LogP contribution >= 0.6 is 0 Å². The van der Waals surface area contributed by atoms with Crippen molar-refractivity contribution in [2.45, 2.75) is 44.6 Å². The highest BCUT2D eigenvalue weighted by Crippen LogP contribution is 2.45. The second-order valence-corrected chi connectivity index (χ2v) is 6.44.